The second-order valence-electron chi connectivity index (χ2n) is 2.94. The normalized spacial score (nSPS) is 10.8. The smallest absolute Gasteiger partial charge is 0.263 e. The predicted molar refractivity (Wildman–Crippen MR) is 60.6 cm³/mol. The zero-order chi connectivity index (χ0) is 9.68. The minimum absolute atomic E-state index is 0.619. The predicted octanol–water partition coefficient (Wildman–Crippen LogP) is 1.88. The Balaban J connectivity index is 2.73. The van der Waals surface area contributed by atoms with E-state index >= 15 is 0 Å². The molecule has 0 saturated carbocycles. The molecule has 0 heterocycles. The van der Waals surface area contributed by atoms with E-state index in [1.165, 1.54) is 5.19 Å². The number of rotatable bonds is 4. The topological polar surface area (TPSA) is 9.23 Å². The third-order valence-electron chi connectivity index (χ3n) is 1.56. The molecule has 2 radical (unpaired) electrons. The van der Waals surface area contributed by atoms with Crippen LogP contribution in [-0.2, 0) is 4.12 Å². The lowest BCUT2D eigenvalue weighted by atomic mass is 10.4. The Morgan fingerprint density at radius 3 is 2.31 bits per heavy atom. The number of benzene rings is 1. The Morgan fingerprint density at radius 2 is 1.85 bits per heavy atom. The first-order valence-electron chi connectivity index (χ1n) is 4.27. The van der Waals surface area contributed by atoms with Gasteiger partial charge in [-0.15, -0.1) is 6.58 Å². The molecule has 0 fully saturated rings. The molecule has 0 aliphatic rings. The first kappa shape index (κ1) is 10.4. The zero-order valence-electron chi connectivity index (χ0n) is 8.08. The zero-order valence-corrected chi connectivity index (χ0v) is 10.1. The maximum atomic E-state index is 5.87. The highest BCUT2D eigenvalue weighted by molar-refractivity contribution is 6.78. The van der Waals surface area contributed by atoms with Crippen LogP contribution in [0.1, 0.15) is 0 Å². The molecule has 1 aromatic carbocycles. The van der Waals surface area contributed by atoms with Crippen LogP contribution < -0.4 is 5.19 Å². The minimum Gasteiger partial charge on any atom is -0.449 e. The lowest BCUT2D eigenvalue weighted by molar-refractivity contribution is 0.620. The second kappa shape index (κ2) is 5.16. The van der Waals surface area contributed by atoms with Gasteiger partial charge in [-0.25, -0.2) is 0 Å². The van der Waals surface area contributed by atoms with Crippen LogP contribution in [0.15, 0.2) is 42.6 Å². The summed E-state index contributed by atoms with van der Waals surface area (Å²) >= 11 is 0. The van der Waals surface area contributed by atoms with Crippen LogP contribution >= 0.6 is 0 Å². The Morgan fingerprint density at radius 1 is 1.23 bits per heavy atom. The molecule has 1 rings (SSSR count). The Labute approximate surface area is 83.5 Å². The molecule has 0 aliphatic heterocycles. The summed E-state index contributed by atoms with van der Waals surface area (Å²) in [5, 5.41) is 1.29. The molecule has 0 unspecified atom stereocenters. The second-order valence-corrected chi connectivity index (χ2v) is 7.29. The average molecular weight is 206 g/mol. The van der Waals surface area contributed by atoms with Gasteiger partial charge in [0.25, 0.3) is 9.04 Å². The van der Waals surface area contributed by atoms with E-state index < -0.39 is 18.1 Å². The van der Waals surface area contributed by atoms with Crippen LogP contribution in [-0.4, -0.2) is 18.1 Å². The Kier molecular flexibility index (Phi) is 4.14. The third-order valence-corrected chi connectivity index (χ3v) is 5.34. The summed E-state index contributed by atoms with van der Waals surface area (Å²) < 4.78 is 5.87. The fraction of sp³-hybridized carbons (Fsp3) is 0.200. The van der Waals surface area contributed by atoms with Crippen molar-refractivity contribution in [3.63, 3.8) is 0 Å². The van der Waals surface area contributed by atoms with E-state index in [0.717, 1.165) is 0 Å². The van der Waals surface area contributed by atoms with Gasteiger partial charge in [-0.1, -0.05) is 36.0 Å². The van der Waals surface area contributed by atoms with Crippen LogP contribution in [0, 0.1) is 0 Å². The van der Waals surface area contributed by atoms with E-state index in [0.29, 0.717) is 0 Å². The fourth-order valence-electron chi connectivity index (χ4n) is 1.04. The van der Waals surface area contributed by atoms with Crippen molar-refractivity contribution in [1.82, 2.24) is 0 Å². The molecule has 0 spiro atoms. The van der Waals surface area contributed by atoms with Crippen LogP contribution in [0.25, 0.3) is 0 Å². The first-order valence-corrected chi connectivity index (χ1v) is 8.16. The molecule has 0 atom stereocenters. The van der Waals surface area contributed by atoms with Gasteiger partial charge in [0.05, 0.1) is 0 Å². The summed E-state index contributed by atoms with van der Waals surface area (Å²) in [6, 6.07) is 10.3. The van der Waals surface area contributed by atoms with Gasteiger partial charge in [-0.05, 0) is 18.3 Å². The summed E-state index contributed by atoms with van der Waals surface area (Å²) in [6.07, 6.45) is 0. The van der Waals surface area contributed by atoms with E-state index in [-0.39, 0.29) is 0 Å². The van der Waals surface area contributed by atoms with E-state index in [1.54, 1.807) is 0 Å². The van der Waals surface area contributed by atoms with Crippen molar-refractivity contribution in [2.45, 2.75) is 13.1 Å². The molecule has 0 N–H and O–H groups in total. The molecule has 0 saturated heterocycles. The highest BCUT2D eigenvalue weighted by Gasteiger charge is 2.13. The van der Waals surface area contributed by atoms with Gasteiger partial charge in [0.2, 0.25) is 0 Å². The first-order chi connectivity index (χ1) is 6.24. The molecular weight excluding hydrogens is 192 g/mol. The van der Waals surface area contributed by atoms with Crippen LogP contribution in [0.5, 0.6) is 0 Å². The molecule has 1 aromatic rings. The lowest BCUT2D eigenvalue weighted by Crippen LogP contribution is -2.35. The molecule has 0 aliphatic carbocycles. The maximum absolute atomic E-state index is 5.87. The van der Waals surface area contributed by atoms with Gasteiger partial charge in [0.15, 0.2) is 9.04 Å². The van der Waals surface area contributed by atoms with Crippen LogP contribution in [0.2, 0.25) is 13.1 Å². The monoisotopic (exact) mass is 206 g/mol. The standard InChI is InChI=1S/C10H14OSi2/c1-4-13(11-12(2)3)10-8-6-5-7-9-10/h4-9H,1H2,2-3H3. The summed E-state index contributed by atoms with van der Waals surface area (Å²) in [5.74, 6) is 0. The molecule has 1 nitrogen and oxygen atoms in total. The molecule has 0 amide bonds. The van der Waals surface area contributed by atoms with E-state index in [9.17, 15) is 0 Å². The summed E-state index contributed by atoms with van der Waals surface area (Å²) in [4.78, 5) is 0. The van der Waals surface area contributed by atoms with Crippen molar-refractivity contribution >= 4 is 23.3 Å². The summed E-state index contributed by atoms with van der Waals surface area (Å²) in [5.41, 5.74) is 1.96. The molecule has 0 bridgehead atoms. The average Bonchev–Trinajstić information content (AvgIpc) is 2.15. The molecule has 3 heteroatoms. The van der Waals surface area contributed by atoms with Gasteiger partial charge in [-0.3, -0.25) is 0 Å². The molecular formula is C10H14OSi2. The third kappa shape index (κ3) is 3.30. The minimum atomic E-state index is -0.952. The Hall–Kier alpha value is -0.646. The Bertz CT molecular complexity index is 259. The number of hydrogen-bond acceptors (Lipinski definition) is 1. The van der Waals surface area contributed by atoms with Crippen molar-refractivity contribution < 1.29 is 4.12 Å². The van der Waals surface area contributed by atoms with Gasteiger partial charge in [-0.2, -0.15) is 0 Å². The van der Waals surface area contributed by atoms with E-state index in [1.807, 2.05) is 23.9 Å². The quantitative estimate of drug-likeness (QED) is 0.684. The van der Waals surface area contributed by atoms with Gasteiger partial charge in [0, 0.05) is 0 Å². The van der Waals surface area contributed by atoms with Crippen LogP contribution in [0.3, 0.4) is 0 Å². The van der Waals surface area contributed by atoms with Crippen molar-refractivity contribution in [3.05, 3.63) is 42.6 Å². The summed E-state index contributed by atoms with van der Waals surface area (Å²) in [7, 11) is -1.57. The lowest BCUT2D eigenvalue weighted by Gasteiger charge is -2.13. The maximum Gasteiger partial charge on any atom is 0.263 e. The van der Waals surface area contributed by atoms with Gasteiger partial charge >= 0.3 is 0 Å². The van der Waals surface area contributed by atoms with Crippen molar-refractivity contribution in [2.24, 2.45) is 0 Å². The van der Waals surface area contributed by atoms with E-state index in [4.69, 9.17) is 4.12 Å². The molecule has 13 heavy (non-hydrogen) atoms. The molecule has 68 valence electrons. The van der Waals surface area contributed by atoms with Crippen LogP contribution in [0.4, 0.5) is 0 Å². The van der Waals surface area contributed by atoms with Crippen molar-refractivity contribution in [2.75, 3.05) is 0 Å². The van der Waals surface area contributed by atoms with E-state index in [2.05, 4.69) is 31.8 Å². The van der Waals surface area contributed by atoms with Gasteiger partial charge < -0.3 is 4.12 Å². The molecule has 0 aromatic heterocycles. The highest BCUT2D eigenvalue weighted by atomic mass is 28.4. The largest absolute Gasteiger partial charge is 0.449 e. The SMILES string of the molecule is C=C[Si](O[Si](C)C)c1ccccc1. The highest BCUT2D eigenvalue weighted by Crippen LogP contribution is 1.94. The number of hydrogen-bond donors (Lipinski definition) is 0. The van der Waals surface area contributed by atoms with Gasteiger partial charge in [0.1, 0.15) is 0 Å². The van der Waals surface area contributed by atoms with Crippen molar-refractivity contribution in [1.29, 1.82) is 0 Å². The fourth-order valence-corrected chi connectivity index (χ4v) is 4.36. The van der Waals surface area contributed by atoms with Crippen molar-refractivity contribution in [3.8, 4) is 0 Å². The summed E-state index contributed by atoms with van der Waals surface area (Å²) in [6.45, 7) is 8.14.